The zero-order valence-corrected chi connectivity index (χ0v) is 19.0. The van der Waals surface area contributed by atoms with Crippen LogP contribution in [0, 0.1) is 11.8 Å². The fourth-order valence-corrected chi connectivity index (χ4v) is 4.57. The molecule has 0 radical (unpaired) electrons. The fraction of sp³-hybridized carbons (Fsp3) is 0.400. The highest BCUT2D eigenvalue weighted by molar-refractivity contribution is 5.80. The van der Waals surface area contributed by atoms with Crippen LogP contribution in [-0.2, 0) is 19.1 Å². The monoisotopic (exact) mass is 488 g/mol. The maximum absolute atomic E-state index is 13.4. The summed E-state index contributed by atoms with van der Waals surface area (Å²) in [4.78, 5) is 35.2. The van der Waals surface area contributed by atoms with Crippen molar-refractivity contribution >= 4 is 18.0 Å². The number of rotatable bonds is 10. The minimum atomic E-state index is -3.33. The van der Waals surface area contributed by atoms with Gasteiger partial charge < -0.3 is 25.2 Å². The normalized spacial score (nSPS) is 20.3. The third-order valence-corrected chi connectivity index (χ3v) is 6.55. The minimum absolute atomic E-state index is 0.0298. The number of halogens is 2. The molecule has 3 atom stereocenters. The Balaban J connectivity index is 1.23. The second kappa shape index (κ2) is 9.99. The number of carbonyl (C=O) groups is 3. The lowest BCUT2D eigenvalue weighted by atomic mass is 9.98. The van der Waals surface area contributed by atoms with Crippen molar-refractivity contribution in [3.05, 3.63) is 59.7 Å². The van der Waals surface area contributed by atoms with Crippen LogP contribution in [0.2, 0.25) is 0 Å². The Labute approximate surface area is 200 Å². The molecule has 2 aliphatic rings. The number of nitrogens with one attached hydrogen (secondary N) is 2. The molecule has 10 heteroatoms. The number of carboxylic acid groups (broad SMARTS) is 1. The number of benzene rings is 2. The van der Waals surface area contributed by atoms with Gasteiger partial charge in [-0.25, -0.2) is 13.6 Å². The number of alkyl carbamates (subject to hydrolysis) is 1. The van der Waals surface area contributed by atoms with E-state index < -0.39 is 48.4 Å². The van der Waals surface area contributed by atoms with Gasteiger partial charge in [0.15, 0.2) is 0 Å². The van der Waals surface area contributed by atoms with Gasteiger partial charge in [0.2, 0.25) is 5.91 Å². The van der Waals surface area contributed by atoms with E-state index in [1.807, 2.05) is 48.5 Å². The van der Waals surface area contributed by atoms with E-state index in [2.05, 4.69) is 10.6 Å². The highest BCUT2D eigenvalue weighted by Crippen LogP contribution is 2.54. The number of carbonyl (C=O) groups excluding carboxylic acids is 2. The number of carboxylic acids is 1. The third kappa shape index (κ3) is 5.12. The van der Waals surface area contributed by atoms with Gasteiger partial charge in [-0.05, 0) is 22.3 Å². The molecule has 2 aliphatic carbocycles. The molecule has 1 saturated carbocycles. The molecular formula is C25H26F2N2O6. The number of ether oxygens (including phenoxy) is 2. The number of hydrogen-bond donors (Lipinski definition) is 3. The molecule has 2 amide bonds. The van der Waals surface area contributed by atoms with Gasteiger partial charge in [-0.15, -0.1) is 0 Å². The lowest BCUT2D eigenvalue weighted by Gasteiger charge is -2.17. The van der Waals surface area contributed by atoms with Crippen LogP contribution in [0.3, 0.4) is 0 Å². The molecule has 0 saturated heterocycles. The van der Waals surface area contributed by atoms with Crippen LogP contribution in [0.1, 0.15) is 23.5 Å². The summed E-state index contributed by atoms with van der Waals surface area (Å²) in [6.45, 7) is -0.338. The first-order valence-corrected chi connectivity index (χ1v) is 11.2. The van der Waals surface area contributed by atoms with Crippen LogP contribution in [0.4, 0.5) is 13.6 Å². The van der Waals surface area contributed by atoms with Gasteiger partial charge in [-0.1, -0.05) is 48.5 Å². The lowest BCUT2D eigenvalue weighted by Crippen LogP contribution is -2.38. The number of amides is 2. The molecule has 4 rings (SSSR count). The van der Waals surface area contributed by atoms with Crippen molar-refractivity contribution in [2.24, 2.45) is 11.8 Å². The Kier molecular flexibility index (Phi) is 7.02. The van der Waals surface area contributed by atoms with E-state index in [-0.39, 0.29) is 25.5 Å². The zero-order valence-electron chi connectivity index (χ0n) is 19.0. The maximum atomic E-state index is 13.4. The first-order valence-electron chi connectivity index (χ1n) is 11.2. The molecule has 8 nitrogen and oxygen atoms in total. The standard InChI is InChI=1S/C25H26F2N2O6/c1-34-14(10-21(30)28-12-20-22(23(31)32)25(20,26)27)11-29-24(33)35-13-19-17-8-4-2-6-15(17)16-7-3-5-9-18(16)19/h2-9,14,19-20,22H,10-13H2,1H3,(H,28,30)(H,29,33)(H,31,32). The summed E-state index contributed by atoms with van der Waals surface area (Å²) in [5.41, 5.74) is 4.39. The first-order chi connectivity index (χ1) is 16.7. The molecule has 0 aromatic heterocycles. The molecule has 1 fully saturated rings. The molecule has 3 unspecified atom stereocenters. The summed E-state index contributed by atoms with van der Waals surface area (Å²) in [7, 11) is 1.35. The number of fused-ring (bicyclic) bond motifs is 3. The van der Waals surface area contributed by atoms with Crippen LogP contribution >= 0.6 is 0 Å². The molecule has 0 aliphatic heterocycles. The molecule has 2 aromatic rings. The summed E-state index contributed by atoms with van der Waals surface area (Å²) in [6.07, 6.45) is -1.59. The van der Waals surface area contributed by atoms with Crippen molar-refractivity contribution in [3.8, 4) is 11.1 Å². The second-order valence-corrected chi connectivity index (χ2v) is 8.67. The quantitative estimate of drug-likeness (QED) is 0.474. The van der Waals surface area contributed by atoms with E-state index in [1.54, 1.807) is 0 Å². The molecule has 3 N–H and O–H groups in total. The first kappa shape index (κ1) is 24.6. The van der Waals surface area contributed by atoms with Gasteiger partial charge in [0.05, 0.1) is 18.4 Å². The average Bonchev–Trinajstić information content (AvgIpc) is 3.26. The maximum Gasteiger partial charge on any atom is 0.407 e. The summed E-state index contributed by atoms with van der Waals surface area (Å²) < 4.78 is 37.5. The van der Waals surface area contributed by atoms with E-state index in [9.17, 15) is 23.2 Å². The van der Waals surface area contributed by atoms with Gasteiger partial charge in [0.1, 0.15) is 12.5 Å². The lowest BCUT2D eigenvalue weighted by molar-refractivity contribution is -0.141. The predicted molar refractivity (Wildman–Crippen MR) is 121 cm³/mol. The Morgan fingerprint density at radius 1 is 1.03 bits per heavy atom. The largest absolute Gasteiger partial charge is 0.481 e. The predicted octanol–water partition coefficient (Wildman–Crippen LogP) is 3.01. The third-order valence-electron chi connectivity index (χ3n) is 6.55. The van der Waals surface area contributed by atoms with E-state index in [4.69, 9.17) is 14.6 Å². The van der Waals surface area contributed by atoms with Gasteiger partial charge in [-0.3, -0.25) is 9.59 Å². The van der Waals surface area contributed by atoms with Crippen LogP contribution in [0.25, 0.3) is 11.1 Å². The average molecular weight is 488 g/mol. The van der Waals surface area contributed by atoms with Gasteiger partial charge >= 0.3 is 12.1 Å². The topological polar surface area (TPSA) is 114 Å². The van der Waals surface area contributed by atoms with Crippen LogP contribution in [0.5, 0.6) is 0 Å². The Bertz CT molecular complexity index is 1080. The molecular weight excluding hydrogens is 462 g/mol. The molecule has 2 aromatic carbocycles. The molecule has 186 valence electrons. The summed E-state index contributed by atoms with van der Waals surface area (Å²) in [5.74, 6) is -8.80. The molecule has 35 heavy (non-hydrogen) atoms. The molecule has 0 spiro atoms. The van der Waals surface area contributed by atoms with Crippen LogP contribution in [-0.4, -0.2) is 61.9 Å². The zero-order chi connectivity index (χ0) is 25.2. The van der Waals surface area contributed by atoms with E-state index >= 15 is 0 Å². The van der Waals surface area contributed by atoms with Crippen molar-refractivity contribution in [3.63, 3.8) is 0 Å². The van der Waals surface area contributed by atoms with E-state index in [0.717, 1.165) is 22.3 Å². The van der Waals surface area contributed by atoms with Crippen molar-refractivity contribution in [1.82, 2.24) is 10.6 Å². The van der Waals surface area contributed by atoms with Gasteiger partial charge in [0, 0.05) is 26.1 Å². The summed E-state index contributed by atoms with van der Waals surface area (Å²) in [5, 5.41) is 13.6. The molecule has 0 bridgehead atoms. The second-order valence-electron chi connectivity index (χ2n) is 8.67. The number of alkyl halides is 2. The van der Waals surface area contributed by atoms with Crippen molar-refractivity contribution in [2.45, 2.75) is 24.4 Å². The number of methoxy groups -OCH3 is 1. The van der Waals surface area contributed by atoms with E-state index in [1.165, 1.54) is 7.11 Å². The van der Waals surface area contributed by atoms with Crippen LogP contribution < -0.4 is 10.6 Å². The van der Waals surface area contributed by atoms with Crippen molar-refractivity contribution in [1.29, 1.82) is 0 Å². The minimum Gasteiger partial charge on any atom is -0.481 e. The van der Waals surface area contributed by atoms with Crippen LogP contribution in [0.15, 0.2) is 48.5 Å². The summed E-state index contributed by atoms with van der Waals surface area (Å²) in [6, 6.07) is 15.9. The van der Waals surface area contributed by atoms with Gasteiger partial charge in [-0.2, -0.15) is 0 Å². The van der Waals surface area contributed by atoms with Gasteiger partial charge in [0.25, 0.3) is 5.92 Å². The SMILES string of the molecule is COC(CNC(=O)OCC1c2ccccc2-c2ccccc21)CC(=O)NCC1C(C(=O)O)C1(F)F. The molecule has 0 heterocycles. The highest BCUT2D eigenvalue weighted by atomic mass is 19.3. The van der Waals surface area contributed by atoms with E-state index in [0.29, 0.717) is 0 Å². The summed E-state index contributed by atoms with van der Waals surface area (Å²) >= 11 is 0. The smallest absolute Gasteiger partial charge is 0.407 e. The Morgan fingerprint density at radius 3 is 2.17 bits per heavy atom. The Hall–Kier alpha value is -3.53. The highest BCUT2D eigenvalue weighted by Gasteiger charge is 2.72. The van der Waals surface area contributed by atoms with Crippen molar-refractivity contribution in [2.75, 3.05) is 26.8 Å². The Morgan fingerprint density at radius 2 is 1.63 bits per heavy atom. The number of hydrogen-bond acceptors (Lipinski definition) is 5. The number of aliphatic carboxylic acids is 1. The van der Waals surface area contributed by atoms with Crippen molar-refractivity contribution < 1.29 is 37.7 Å². The fourth-order valence-electron chi connectivity index (χ4n) is 4.57.